The average Bonchev–Trinajstić information content (AvgIpc) is 2.31. The minimum atomic E-state index is -0.461. The van der Waals surface area contributed by atoms with Crippen molar-refractivity contribution in [2.24, 2.45) is 0 Å². The number of aryl methyl sites for hydroxylation is 2. The van der Waals surface area contributed by atoms with Crippen LogP contribution in [-0.2, 0) is 4.74 Å². The van der Waals surface area contributed by atoms with Crippen LogP contribution in [0.4, 0.5) is 10.6 Å². The molecule has 0 unspecified atom stereocenters. The molecule has 20 heavy (non-hydrogen) atoms. The van der Waals surface area contributed by atoms with Crippen molar-refractivity contribution >= 4 is 11.9 Å². The summed E-state index contributed by atoms with van der Waals surface area (Å²) >= 11 is 0. The first-order chi connectivity index (χ1) is 9.28. The van der Waals surface area contributed by atoms with Crippen molar-refractivity contribution in [2.45, 2.75) is 46.6 Å². The van der Waals surface area contributed by atoms with Gasteiger partial charge in [-0.3, -0.25) is 4.98 Å². The van der Waals surface area contributed by atoms with E-state index in [1.54, 1.807) is 6.20 Å². The van der Waals surface area contributed by atoms with E-state index in [9.17, 15) is 4.79 Å². The number of hydrogen-bond acceptors (Lipinski definition) is 5. The lowest BCUT2D eigenvalue weighted by atomic mass is 10.2. The van der Waals surface area contributed by atoms with Crippen molar-refractivity contribution in [3.63, 3.8) is 0 Å². The lowest BCUT2D eigenvalue weighted by Gasteiger charge is -2.19. The molecule has 1 amide bonds. The summed E-state index contributed by atoms with van der Waals surface area (Å²) in [5.74, 6) is 0.755. The number of alkyl carbamates (subject to hydrolysis) is 1. The maximum atomic E-state index is 11.4. The number of nitrogens with one attached hydrogen (secondary N) is 2. The van der Waals surface area contributed by atoms with E-state index < -0.39 is 5.60 Å². The van der Waals surface area contributed by atoms with Gasteiger partial charge in [-0.05, 0) is 41.0 Å². The fourth-order valence-electron chi connectivity index (χ4n) is 1.44. The second kappa shape index (κ2) is 7.07. The molecule has 1 rings (SSSR count). The SMILES string of the molecule is Cc1ncc(NCCCNC(=O)OC(C)(C)C)nc1C. The Morgan fingerprint density at radius 3 is 2.55 bits per heavy atom. The zero-order chi connectivity index (χ0) is 15.2. The Morgan fingerprint density at radius 2 is 1.95 bits per heavy atom. The molecule has 0 aliphatic rings. The first kappa shape index (κ1) is 16.2. The molecular weight excluding hydrogens is 256 g/mol. The normalized spacial score (nSPS) is 11.1. The van der Waals surface area contributed by atoms with Crippen LogP contribution >= 0.6 is 0 Å². The molecule has 0 aliphatic carbocycles. The Kier molecular flexibility index (Phi) is 5.73. The summed E-state index contributed by atoms with van der Waals surface area (Å²) in [5.41, 5.74) is 1.39. The first-order valence-electron chi connectivity index (χ1n) is 6.79. The van der Waals surface area contributed by atoms with E-state index in [4.69, 9.17) is 4.74 Å². The zero-order valence-electron chi connectivity index (χ0n) is 12.9. The molecule has 2 N–H and O–H groups in total. The van der Waals surface area contributed by atoms with Gasteiger partial charge in [-0.25, -0.2) is 9.78 Å². The van der Waals surface area contributed by atoms with E-state index in [0.29, 0.717) is 13.1 Å². The average molecular weight is 280 g/mol. The lowest BCUT2D eigenvalue weighted by molar-refractivity contribution is 0.0528. The van der Waals surface area contributed by atoms with E-state index in [-0.39, 0.29) is 6.09 Å². The van der Waals surface area contributed by atoms with Crippen molar-refractivity contribution in [1.82, 2.24) is 15.3 Å². The van der Waals surface area contributed by atoms with E-state index in [1.165, 1.54) is 0 Å². The van der Waals surface area contributed by atoms with Crippen LogP contribution < -0.4 is 10.6 Å². The molecule has 1 aromatic heterocycles. The number of nitrogens with zero attached hydrogens (tertiary/aromatic N) is 2. The van der Waals surface area contributed by atoms with Gasteiger partial charge in [0.1, 0.15) is 11.4 Å². The molecule has 0 radical (unpaired) electrons. The number of anilines is 1. The Morgan fingerprint density at radius 1 is 1.25 bits per heavy atom. The summed E-state index contributed by atoms with van der Waals surface area (Å²) in [6.07, 6.45) is 2.11. The molecule has 1 aromatic rings. The molecule has 0 fully saturated rings. The van der Waals surface area contributed by atoms with Crippen molar-refractivity contribution in [1.29, 1.82) is 0 Å². The van der Waals surface area contributed by atoms with Crippen LogP contribution in [0, 0.1) is 13.8 Å². The maximum absolute atomic E-state index is 11.4. The number of carbonyl (C=O) groups excluding carboxylic acids is 1. The Bertz CT molecular complexity index is 455. The maximum Gasteiger partial charge on any atom is 0.407 e. The minimum absolute atomic E-state index is 0.386. The van der Waals surface area contributed by atoms with Gasteiger partial charge in [-0.1, -0.05) is 0 Å². The highest BCUT2D eigenvalue weighted by molar-refractivity contribution is 5.67. The predicted octanol–water partition coefficient (Wildman–Crippen LogP) is 2.42. The van der Waals surface area contributed by atoms with Gasteiger partial charge in [-0.15, -0.1) is 0 Å². The quantitative estimate of drug-likeness (QED) is 0.810. The number of ether oxygens (including phenoxy) is 1. The van der Waals surface area contributed by atoms with Crippen molar-refractivity contribution in [3.05, 3.63) is 17.6 Å². The third kappa shape index (κ3) is 6.36. The summed E-state index contributed by atoms with van der Waals surface area (Å²) in [4.78, 5) is 20.0. The summed E-state index contributed by atoms with van der Waals surface area (Å²) in [6.45, 7) is 10.6. The number of amides is 1. The van der Waals surface area contributed by atoms with E-state index >= 15 is 0 Å². The van der Waals surface area contributed by atoms with Gasteiger partial charge in [0.2, 0.25) is 0 Å². The molecular formula is C14H24N4O2. The van der Waals surface area contributed by atoms with Gasteiger partial charge in [0.15, 0.2) is 0 Å². The molecule has 0 atom stereocenters. The molecule has 0 spiro atoms. The van der Waals surface area contributed by atoms with Crippen molar-refractivity contribution in [2.75, 3.05) is 18.4 Å². The molecule has 112 valence electrons. The van der Waals surface area contributed by atoms with Crippen molar-refractivity contribution < 1.29 is 9.53 Å². The monoisotopic (exact) mass is 280 g/mol. The van der Waals surface area contributed by atoms with Gasteiger partial charge in [-0.2, -0.15) is 0 Å². The molecule has 6 heteroatoms. The zero-order valence-corrected chi connectivity index (χ0v) is 12.9. The van der Waals surface area contributed by atoms with Gasteiger partial charge in [0.25, 0.3) is 0 Å². The summed E-state index contributed by atoms with van der Waals surface area (Å²) < 4.78 is 5.14. The Labute approximate surface area is 120 Å². The van der Waals surface area contributed by atoms with Crippen LogP contribution in [0.1, 0.15) is 38.6 Å². The number of aromatic nitrogens is 2. The van der Waals surface area contributed by atoms with Gasteiger partial charge < -0.3 is 15.4 Å². The number of rotatable bonds is 5. The van der Waals surface area contributed by atoms with Crippen molar-refractivity contribution in [3.8, 4) is 0 Å². The smallest absolute Gasteiger partial charge is 0.407 e. The van der Waals surface area contributed by atoms with Gasteiger partial charge in [0.05, 0.1) is 17.6 Å². The second-order valence-corrected chi connectivity index (χ2v) is 5.64. The molecule has 0 saturated carbocycles. The fourth-order valence-corrected chi connectivity index (χ4v) is 1.44. The minimum Gasteiger partial charge on any atom is -0.444 e. The molecule has 6 nitrogen and oxygen atoms in total. The third-order valence-electron chi connectivity index (χ3n) is 2.52. The van der Waals surface area contributed by atoms with E-state index in [0.717, 1.165) is 23.6 Å². The fraction of sp³-hybridized carbons (Fsp3) is 0.643. The highest BCUT2D eigenvalue weighted by atomic mass is 16.6. The topological polar surface area (TPSA) is 76.1 Å². The standard InChI is InChI=1S/C14H24N4O2/c1-10-11(2)18-12(9-17-10)15-7-6-8-16-13(19)20-14(3,4)5/h9H,6-8H2,1-5H3,(H,15,18)(H,16,19). The second-order valence-electron chi connectivity index (χ2n) is 5.64. The third-order valence-corrected chi connectivity index (χ3v) is 2.52. The Hall–Kier alpha value is -1.85. The number of hydrogen-bond donors (Lipinski definition) is 2. The van der Waals surface area contributed by atoms with Crippen LogP contribution in [0.25, 0.3) is 0 Å². The summed E-state index contributed by atoms with van der Waals surface area (Å²) in [7, 11) is 0. The first-order valence-corrected chi connectivity index (χ1v) is 6.79. The van der Waals surface area contributed by atoms with Crippen LogP contribution in [0.15, 0.2) is 6.20 Å². The lowest BCUT2D eigenvalue weighted by Crippen LogP contribution is -2.33. The van der Waals surface area contributed by atoms with Gasteiger partial charge in [0, 0.05) is 13.1 Å². The largest absolute Gasteiger partial charge is 0.444 e. The highest BCUT2D eigenvalue weighted by Gasteiger charge is 2.15. The molecule has 1 heterocycles. The predicted molar refractivity (Wildman–Crippen MR) is 78.8 cm³/mol. The van der Waals surface area contributed by atoms with E-state index in [2.05, 4.69) is 20.6 Å². The van der Waals surface area contributed by atoms with Crippen LogP contribution in [-0.4, -0.2) is 34.8 Å². The van der Waals surface area contributed by atoms with Crippen LogP contribution in [0.2, 0.25) is 0 Å². The molecule has 0 aliphatic heterocycles. The summed E-state index contributed by atoms with van der Waals surface area (Å²) in [5, 5.41) is 5.88. The number of carbonyl (C=O) groups is 1. The summed E-state index contributed by atoms with van der Waals surface area (Å²) in [6, 6.07) is 0. The molecule has 0 aromatic carbocycles. The van der Waals surface area contributed by atoms with Gasteiger partial charge >= 0.3 is 6.09 Å². The van der Waals surface area contributed by atoms with Crippen LogP contribution in [0.5, 0.6) is 0 Å². The molecule has 0 saturated heterocycles. The highest BCUT2D eigenvalue weighted by Crippen LogP contribution is 2.07. The van der Waals surface area contributed by atoms with E-state index in [1.807, 2.05) is 34.6 Å². The van der Waals surface area contributed by atoms with Crippen LogP contribution in [0.3, 0.4) is 0 Å². The molecule has 0 bridgehead atoms. The Balaban J connectivity index is 2.19.